The van der Waals surface area contributed by atoms with Gasteiger partial charge in [0.15, 0.2) is 5.78 Å². The summed E-state index contributed by atoms with van der Waals surface area (Å²) in [5, 5.41) is 0. The number of carbonyl (C=O) groups excluding carboxylic acids is 1. The van der Waals surface area contributed by atoms with Crippen molar-refractivity contribution in [2.75, 3.05) is 22.9 Å². The highest BCUT2D eigenvalue weighted by Gasteiger charge is 2.40. The second-order valence-corrected chi connectivity index (χ2v) is 12.3. The number of nitrogens with zero attached hydrogens (tertiary/aromatic N) is 2. The van der Waals surface area contributed by atoms with Gasteiger partial charge in [0.2, 0.25) is 0 Å². The van der Waals surface area contributed by atoms with Crippen LogP contribution in [0.4, 0.5) is 11.4 Å². The van der Waals surface area contributed by atoms with Crippen LogP contribution < -0.4 is 9.80 Å². The third-order valence-electron chi connectivity index (χ3n) is 8.85. The normalized spacial score (nSPS) is 23.8. The van der Waals surface area contributed by atoms with Crippen molar-refractivity contribution in [3.05, 3.63) is 107 Å². The highest BCUT2D eigenvalue weighted by atomic mass is 16.1. The van der Waals surface area contributed by atoms with Gasteiger partial charge in [-0.15, -0.1) is 0 Å². The average Bonchev–Trinajstić information content (AvgIpc) is 3.27. The third-order valence-corrected chi connectivity index (χ3v) is 8.85. The van der Waals surface area contributed by atoms with E-state index in [1.807, 2.05) is 0 Å². The standard InChI is InChI=1S/C36H44N2O/c1-7-24-37-30-18-11-9-16-28(30)35(3,4)32(37)22-20-26-14-13-15-27(34(26)39)21-23-33-36(5,6)29-17-10-12-19-31(29)38(33)25-8-2/h9-12,16-23H,7-8,13-15,24-25H2,1-6H3/b26-20+,27-21+,32-22-,33-23+. The molecule has 0 N–H and O–H groups in total. The Bertz CT molecular complexity index is 1280. The summed E-state index contributed by atoms with van der Waals surface area (Å²) in [6.07, 6.45) is 13.5. The summed E-state index contributed by atoms with van der Waals surface area (Å²) < 4.78 is 0. The van der Waals surface area contributed by atoms with Crippen molar-refractivity contribution in [2.24, 2.45) is 0 Å². The quantitative estimate of drug-likeness (QED) is 0.356. The number of benzene rings is 2. The third kappa shape index (κ3) is 4.71. The Morgan fingerprint density at radius 2 is 1.08 bits per heavy atom. The summed E-state index contributed by atoms with van der Waals surface area (Å²) in [7, 11) is 0. The highest BCUT2D eigenvalue weighted by molar-refractivity contribution is 6.09. The van der Waals surface area contributed by atoms with Crippen molar-refractivity contribution in [3.8, 4) is 0 Å². The first-order valence-corrected chi connectivity index (χ1v) is 14.8. The molecule has 0 unspecified atom stereocenters. The van der Waals surface area contributed by atoms with E-state index < -0.39 is 0 Å². The number of Topliss-reactive ketones (excluding diaryl/α,β-unsaturated/α-hetero) is 1. The van der Waals surface area contributed by atoms with Gasteiger partial charge in [0, 0.05) is 46.7 Å². The lowest BCUT2D eigenvalue weighted by molar-refractivity contribution is -0.113. The summed E-state index contributed by atoms with van der Waals surface area (Å²) in [5.41, 5.74) is 9.58. The van der Waals surface area contributed by atoms with Crippen LogP contribution >= 0.6 is 0 Å². The minimum atomic E-state index is -0.0879. The van der Waals surface area contributed by atoms with Crippen molar-refractivity contribution in [2.45, 2.75) is 84.5 Å². The maximum Gasteiger partial charge on any atom is 0.184 e. The number of hydrogen-bond donors (Lipinski definition) is 0. The van der Waals surface area contributed by atoms with Crippen LogP contribution in [0.25, 0.3) is 0 Å². The Morgan fingerprint density at radius 1 is 0.667 bits per heavy atom. The zero-order chi connectivity index (χ0) is 27.8. The van der Waals surface area contributed by atoms with Gasteiger partial charge in [0.25, 0.3) is 0 Å². The second-order valence-electron chi connectivity index (χ2n) is 12.3. The van der Waals surface area contributed by atoms with Crippen LogP contribution in [0, 0.1) is 0 Å². The summed E-state index contributed by atoms with van der Waals surface area (Å²) in [5.74, 6) is 0.209. The van der Waals surface area contributed by atoms with Crippen molar-refractivity contribution >= 4 is 17.2 Å². The van der Waals surface area contributed by atoms with E-state index in [2.05, 4.69) is 124 Å². The minimum Gasteiger partial charge on any atom is -0.344 e. The maximum atomic E-state index is 13.7. The van der Waals surface area contributed by atoms with Gasteiger partial charge in [0.1, 0.15) is 0 Å². The summed E-state index contributed by atoms with van der Waals surface area (Å²) >= 11 is 0. The largest absolute Gasteiger partial charge is 0.344 e. The lowest BCUT2D eigenvalue weighted by Gasteiger charge is -2.27. The zero-order valence-electron chi connectivity index (χ0n) is 24.7. The summed E-state index contributed by atoms with van der Waals surface area (Å²) in [6.45, 7) is 15.6. The van der Waals surface area contributed by atoms with Crippen LogP contribution in [0.2, 0.25) is 0 Å². The Kier molecular flexibility index (Phi) is 7.46. The fraction of sp³-hybridized carbons (Fsp3) is 0.417. The van der Waals surface area contributed by atoms with Gasteiger partial charge in [-0.25, -0.2) is 0 Å². The Morgan fingerprint density at radius 3 is 1.49 bits per heavy atom. The van der Waals surface area contributed by atoms with Gasteiger partial charge in [-0.1, -0.05) is 90.1 Å². The van der Waals surface area contributed by atoms with Gasteiger partial charge in [-0.2, -0.15) is 0 Å². The molecule has 2 aliphatic heterocycles. The minimum absolute atomic E-state index is 0.0879. The molecule has 0 spiro atoms. The monoisotopic (exact) mass is 520 g/mol. The van der Waals surface area contributed by atoms with Crippen LogP contribution in [0.1, 0.15) is 84.8 Å². The van der Waals surface area contributed by atoms with Gasteiger partial charge in [0.05, 0.1) is 0 Å². The molecule has 1 aliphatic carbocycles. The number of rotatable bonds is 6. The molecule has 0 aromatic heterocycles. The molecule has 2 aromatic rings. The SMILES string of the molecule is CCCN1/C(=C\C=C2/CCC/C(=C\C=C3\N(CCC)c4ccccc4C3(C)C)C2=O)C(C)(C)c2ccccc21. The predicted molar refractivity (Wildman–Crippen MR) is 165 cm³/mol. The number of carbonyl (C=O) groups is 1. The molecular weight excluding hydrogens is 476 g/mol. The fourth-order valence-corrected chi connectivity index (χ4v) is 6.79. The molecule has 2 heterocycles. The van der Waals surface area contributed by atoms with Crippen molar-refractivity contribution in [3.63, 3.8) is 0 Å². The fourth-order valence-electron chi connectivity index (χ4n) is 6.79. The summed E-state index contributed by atoms with van der Waals surface area (Å²) in [4.78, 5) is 18.6. The Balaban J connectivity index is 1.46. The molecule has 0 atom stereocenters. The van der Waals surface area contributed by atoms with Crippen LogP contribution in [0.5, 0.6) is 0 Å². The van der Waals surface area contributed by atoms with E-state index in [0.717, 1.165) is 56.3 Å². The van der Waals surface area contributed by atoms with E-state index in [-0.39, 0.29) is 16.6 Å². The molecule has 1 fully saturated rings. The Hall–Kier alpha value is -3.33. The van der Waals surface area contributed by atoms with Crippen molar-refractivity contribution in [1.82, 2.24) is 0 Å². The first kappa shape index (κ1) is 27.2. The molecule has 3 heteroatoms. The molecule has 0 saturated heterocycles. The maximum absolute atomic E-state index is 13.7. The van der Waals surface area contributed by atoms with Crippen LogP contribution in [0.15, 0.2) is 95.4 Å². The molecule has 39 heavy (non-hydrogen) atoms. The van der Waals surface area contributed by atoms with E-state index in [1.54, 1.807) is 0 Å². The van der Waals surface area contributed by atoms with Gasteiger partial charge < -0.3 is 9.80 Å². The number of hydrogen-bond acceptors (Lipinski definition) is 3. The smallest absolute Gasteiger partial charge is 0.184 e. The van der Waals surface area contributed by atoms with E-state index in [0.29, 0.717) is 0 Å². The van der Waals surface area contributed by atoms with E-state index in [1.165, 1.54) is 33.9 Å². The molecule has 0 amide bonds. The van der Waals surface area contributed by atoms with Gasteiger partial charge in [-0.3, -0.25) is 4.79 Å². The molecule has 0 bridgehead atoms. The molecule has 204 valence electrons. The number of allylic oxidation sites excluding steroid dienone is 8. The molecule has 5 rings (SSSR count). The van der Waals surface area contributed by atoms with E-state index >= 15 is 0 Å². The first-order valence-electron chi connectivity index (χ1n) is 14.8. The first-order chi connectivity index (χ1) is 18.7. The van der Waals surface area contributed by atoms with E-state index in [9.17, 15) is 4.79 Å². The lowest BCUT2D eigenvalue weighted by Crippen LogP contribution is -2.27. The molecule has 0 radical (unpaired) electrons. The number of anilines is 2. The molecule has 3 nitrogen and oxygen atoms in total. The second kappa shape index (κ2) is 10.7. The molecule has 2 aromatic carbocycles. The van der Waals surface area contributed by atoms with Gasteiger partial charge >= 0.3 is 0 Å². The average molecular weight is 521 g/mol. The molecule has 3 aliphatic rings. The zero-order valence-corrected chi connectivity index (χ0v) is 24.7. The predicted octanol–water partition coefficient (Wildman–Crippen LogP) is 8.78. The van der Waals surface area contributed by atoms with Crippen molar-refractivity contribution < 1.29 is 4.79 Å². The molecular formula is C36H44N2O. The van der Waals surface area contributed by atoms with Crippen LogP contribution in [-0.4, -0.2) is 18.9 Å². The lowest BCUT2D eigenvalue weighted by atomic mass is 9.82. The van der Waals surface area contributed by atoms with Gasteiger partial charge in [-0.05, 0) is 78.7 Å². The number of fused-ring (bicyclic) bond motifs is 2. The van der Waals surface area contributed by atoms with E-state index in [4.69, 9.17) is 0 Å². The number of para-hydroxylation sites is 2. The van der Waals surface area contributed by atoms with Crippen LogP contribution in [-0.2, 0) is 15.6 Å². The number of ketones is 1. The summed E-state index contributed by atoms with van der Waals surface area (Å²) in [6, 6.07) is 17.5. The highest BCUT2D eigenvalue weighted by Crippen LogP contribution is 2.49. The Labute approximate surface area is 235 Å². The van der Waals surface area contributed by atoms with Crippen molar-refractivity contribution in [1.29, 1.82) is 0 Å². The van der Waals surface area contributed by atoms with Crippen LogP contribution in [0.3, 0.4) is 0 Å². The molecule has 1 saturated carbocycles. The topological polar surface area (TPSA) is 23.6 Å².